The van der Waals surface area contributed by atoms with Crippen LogP contribution in [0.15, 0.2) is 30.3 Å². The molecule has 0 radical (unpaired) electrons. The molecule has 2 rings (SSSR count). The van der Waals surface area contributed by atoms with E-state index in [4.69, 9.17) is 5.11 Å². The van der Waals surface area contributed by atoms with Crippen LogP contribution in [-0.2, 0) is 9.59 Å². The minimum atomic E-state index is -0.954. The van der Waals surface area contributed by atoms with Crippen LogP contribution in [-0.4, -0.2) is 35.0 Å². The minimum Gasteiger partial charge on any atom is -0.480 e. The van der Waals surface area contributed by atoms with Gasteiger partial charge in [-0.1, -0.05) is 30.3 Å². The molecule has 20 heavy (non-hydrogen) atoms. The molecule has 2 N–H and O–H groups in total. The van der Waals surface area contributed by atoms with E-state index in [0.717, 1.165) is 17.7 Å². The van der Waals surface area contributed by atoms with Crippen molar-refractivity contribution < 1.29 is 14.7 Å². The molecule has 0 aromatic heterocycles. The van der Waals surface area contributed by atoms with Crippen molar-refractivity contribution in [2.45, 2.75) is 24.8 Å². The summed E-state index contributed by atoms with van der Waals surface area (Å²) >= 11 is 1.58. The highest BCUT2D eigenvalue weighted by atomic mass is 32.2. The van der Waals surface area contributed by atoms with E-state index in [1.54, 1.807) is 11.8 Å². The minimum absolute atomic E-state index is 0.0754. The number of carboxylic acids is 1. The zero-order valence-electron chi connectivity index (χ0n) is 11.4. The van der Waals surface area contributed by atoms with Gasteiger partial charge in [0.2, 0.25) is 5.91 Å². The maximum atomic E-state index is 12.1. The van der Waals surface area contributed by atoms with Crippen molar-refractivity contribution in [3.05, 3.63) is 35.9 Å². The van der Waals surface area contributed by atoms with Gasteiger partial charge in [-0.25, -0.2) is 4.79 Å². The normalized spacial score (nSPS) is 22.1. The third-order valence-corrected chi connectivity index (χ3v) is 4.22. The summed E-state index contributed by atoms with van der Waals surface area (Å²) in [6.07, 6.45) is 3.20. The summed E-state index contributed by atoms with van der Waals surface area (Å²) in [5.41, 5.74) is 1.16. The number of benzene rings is 1. The van der Waals surface area contributed by atoms with E-state index in [2.05, 4.69) is 5.32 Å². The monoisotopic (exact) mass is 293 g/mol. The molecule has 0 bridgehead atoms. The fourth-order valence-corrected chi connectivity index (χ4v) is 2.80. The molecule has 0 heterocycles. The molecule has 1 saturated carbocycles. The Bertz CT molecular complexity index is 477. The van der Waals surface area contributed by atoms with Crippen LogP contribution < -0.4 is 5.32 Å². The molecule has 108 valence electrons. The zero-order valence-corrected chi connectivity index (χ0v) is 12.2. The van der Waals surface area contributed by atoms with Crippen LogP contribution >= 0.6 is 11.8 Å². The first kappa shape index (κ1) is 14.9. The van der Waals surface area contributed by atoms with Crippen molar-refractivity contribution in [2.24, 2.45) is 5.92 Å². The van der Waals surface area contributed by atoms with Gasteiger partial charge in [-0.2, -0.15) is 11.8 Å². The fraction of sp³-hybridized carbons (Fsp3) is 0.467. The molecule has 1 aliphatic rings. The molecule has 5 heteroatoms. The summed E-state index contributed by atoms with van der Waals surface area (Å²) in [5, 5.41) is 11.8. The number of amides is 1. The smallest absolute Gasteiger partial charge is 0.326 e. The van der Waals surface area contributed by atoms with Crippen molar-refractivity contribution in [3.63, 3.8) is 0 Å². The van der Waals surface area contributed by atoms with E-state index in [0.29, 0.717) is 6.42 Å². The molecule has 1 aromatic rings. The van der Waals surface area contributed by atoms with E-state index >= 15 is 0 Å². The predicted molar refractivity (Wildman–Crippen MR) is 79.9 cm³/mol. The molecular weight excluding hydrogens is 274 g/mol. The van der Waals surface area contributed by atoms with Gasteiger partial charge in [0.15, 0.2) is 0 Å². The lowest BCUT2D eigenvalue weighted by Crippen LogP contribution is -2.42. The number of carbonyl (C=O) groups excluding carboxylic acids is 1. The van der Waals surface area contributed by atoms with Crippen LogP contribution in [0.4, 0.5) is 0 Å². The lowest BCUT2D eigenvalue weighted by molar-refractivity contribution is -0.142. The van der Waals surface area contributed by atoms with Gasteiger partial charge in [0, 0.05) is 5.92 Å². The Hall–Kier alpha value is -1.49. The first-order valence-electron chi connectivity index (χ1n) is 6.70. The number of rotatable bonds is 7. The number of hydrogen-bond acceptors (Lipinski definition) is 3. The van der Waals surface area contributed by atoms with Crippen molar-refractivity contribution in [2.75, 3.05) is 12.0 Å². The Labute approximate surface area is 123 Å². The van der Waals surface area contributed by atoms with Gasteiger partial charge >= 0.3 is 5.97 Å². The number of aliphatic carboxylic acids is 1. The Morgan fingerprint density at radius 1 is 1.40 bits per heavy atom. The quantitative estimate of drug-likeness (QED) is 0.808. The van der Waals surface area contributed by atoms with E-state index in [-0.39, 0.29) is 17.7 Å². The van der Waals surface area contributed by atoms with Crippen LogP contribution in [0.1, 0.15) is 24.3 Å². The van der Waals surface area contributed by atoms with Gasteiger partial charge in [-0.3, -0.25) is 4.79 Å². The number of hydrogen-bond donors (Lipinski definition) is 2. The maximum Gasteiger partial charge on any atom is 0.326 e. The summed E-state index contributed by atoms with van der Waals surface area (Å²) in [5.74, 6) is -0.194. The second-order valence-electron chi connectivity index (χ2n) is 5.04. The maximum absolute atomic E-state index is 12.1. The number of thioether (sulfide) groups is 1. The molecule has 4 nitrogen and oxygen atoms in total. The second kappa shape index (κ2) is 6.79. The van der Waals surface area contributed by atoms with Gasteiger partial charge < -0.3 is 10.4 Å². The highest BCUT2D eigenvalue weighted by Gasteiger charge is 2.44. The molecule has 0 spiro atoms. The van der Waals surface area contributed by atoms with Crippen LogP contribution in [0, 0.1) is 5.92 Å². The molecule has 1 aliphatic carbocycles. The molecule has 3 atom stereocenters. The molecule has 1 amide bonds. The van der Waals surface area contributed by atoms with Crippen LogP contribution in [0.5, 0.6) is 0 Å². The Morgan fingerprint density at radius 3 is 2.70 bits per heavy atom. The van der Waals surface area contributed by atoms with Crippen molar-refractivity contribution >= 4 is 23.6 Å². The summed E-state index contributed by atoms with van der Waals surface area (Å²) in [7, 11) is 0. The molecule has 0 aliphatic heterocycles. The average Bonchev–Trinajstić information content (AvgIpc) is 3.24. The molecule has 0 saturated heterocycles. The third-order valence-electron chi connectivity index (χ3n) is 3.58. The van der Waals surface area contributed by atoms with E-state index in [1.165, 1.54) is 0 Å². The molecule has 1 aromatic carbocycles. The van der Waals surface area contributed by atoms with Gasteiger partial charge in [0.05, 0.1) is 0 Å². The third kappa shape index (κ3) is 3.76. The first-order valence-corrected chi connectivity index (χ1v) is 8.10. The average molecular weight is 293 g/mol. The van der Waals surface area contributed by atoms with Gasteiger partial charge in [0.1, 0.15) is 6.04 Å². The van der Waals surface area contributed by atoms with Gasteiger partial charge in [-0.15, -0.1) is 0 Å². The summed E-state index contributed by atoms with van der Waals surface area (Å²) in [6, 6.07) is 9.12. The Kier molecular flexibility index (Phi) is 5.06. The van der Waals surface area contributed by atoms with Crippen molar-refractivity contribution in [1.29, 1.82) is 0 Å². The Morgan fingerprint density at radius 2 is 2.10 bits per heavy atom. The topological polar surface area (TPSA) is 66.4 Å². The standard InChI is InChI=1S/C15H19NO3S/c1-20-8-7-13(15(18)19)16-14(17)12-9-11(12)10-5-3-2-4-6-10/h2-6,11-13H,7-9H2,1H3,(H,16,17)(H,18,19)/t11?,12?,13-/m0/s1. The summed E-state index contributed by atoms with van der Waals surface area (Å²) in [4.78, 5) is 23.2. The van der Waals surface area contributed by atoms with E-state index in [1.807, 2.05) is 36.6 Å². The predicted octanol–water partition coefficient (Wildman–Crippen LogP) is 2.11. The van der Waals surface area contributed by atoms with Crippen LogP contribution in [0.2, 0.25) is 0 Å². The zero-order chi connectivity index (χ0) is 14.5. The molecule has 1 fully saturated rings. The lowest BCUT2D eigenvalue weighted by atomic mass is 10.1. The lowest BCUT2D eigenvalue weighted by Gasteiger charge is -2.13. The van der Waals surface area contributed by atoms with Crippen molar-refractivity contribution in [1.82, 2.24) is 5.32 Å². The number of nitrogens with one attached hydrogen (secondary N) is 1. The number of carboxylic acid groups (broad SMARTS) is 1. The Balaban J connectivity index is 1.88. The van der Waals surface area contributed by atoms with Gasteiger partial charge in [-0.05, 0) is 36.3 Å². The van der Waals surface area contributed by atoms with Crippen molar-refractivity contribution in [3.8, 4) is 0 Å². The number of carbonyl (C=O) groups is 2. The van der Waals surface area contributed by atoms with Crippen LogP contribution in [0.25, 0.3) is 0 Å². The highest BCUT2D eigenvalue weighted by Crippen LogP contribution is 2.47. The summed E-state index contributed by atoms with van der Waals surface area (Å²) in [6.45, 7) is 0. The fourth-order valence-electron chi connectivity index (χ4n) is 2.33. The van der Waals surface area contributed by atoms with Crippen LogP contribution in [0.3, 0.4) is 0 Å². The largest absolute Gasteiger partial charge is 0.480 e. The van der Waals surface area contributed by atoms with Gasteiger partial charge in [0.25, 0.3) is 0 Å². The SMILES string of the molecule is CSCC[C@H](NC(=O)C1CC1c1ccccc1)C(=O)O. The first-order chi connectivity index (χ1) is 9.63. The summed E-state index contributed by atoms with van der Waals surface area (Å²) < 4.78 is 0. The molecular formula is C15H19NO3S. The van der Waals surface area contributed by atoms with E-state index in [9.17, 15) is 9.59 Å². The second-order valence-corrected chi connectivity index (χ2v) is 6.03. The molecule has 2 unspecified atom stereocenters. The van der Waals surface area contributed by atoms with E-state index < -0.39 is 12.0 Å². The highest BCUT2D eigenvalue weighted by molar-refractivity contribution is 7.98.